The third-order valence-corrected chi connectivity index (χ3v) is 11.1. The zero-order chi connectivity index (χ0) is 28.9. The van der Waals surface area contributed by atoms with Gasteiger partial charge in [0.1, 0.15) is 6.04 Å². The summed E-state index contributed by atoms with van der Waals surface area (Å²) in [5.74, 6) is -2.02. The van der Waals surface area contributed by atoms with E-state index >= 15 is 0 Å². The Kier molecular flexibility index (Phi) is 7.29. The predicted molar refractivity (Wildman–Crippen MR) is 161 cm³/mol. The van der Waals surface area contributed by atoms with Crippen molar-refractivity contribution in [2.24, 2.45) is 11.8 Å². The fraction of sp³-hybridized carbons (Fsp3) is 0.406. The molecule has 2 saturated heterocycles. The number of nitrogens with zero attached hydrogens (tertiary/aromatic N) is 3. The minimum Gasteiger partial charge on any atom is -0.394 e. The Hall–Kier alpha value is -3.07. The third-order valence-electron chi connectivity index (χ3n) is 9.01. The third kappa shape index (κ3) is 4.34. The Balaban J connectivity index is 1.47. The number of aliphatic hydroxyl groups is 1. The van der Waals surface area contributed by atoms with Gasteiger partial charge in [0.2, 0.25) is 11.8 Å². The molecule has 9 heteroatoms. The van der Waals surface area contributed by atoms with E-state index < -0.39 is 33.4 Å². The molecule has 0 bridgehead atoms. The van der Waals surface area contributed by atoms with Crippen LogP contribution in [0.3, 0.4) is 0 Å². The Morgan fingerprint density at radius 1 is 0.951 bits per heavy atom. The van der Waals surface area contributed by atoms with Gasteiger partial charge in [0.25, 0.3) is 5.91 Å². The van der Waals surface area contributed by atoms with Crippen molar-refractivity contribution in [2.75, 3.05) is 24.6 Å². The largest absolute Gasteiger partial charge is 0.394 e. The Bertz CT molecular complexity index is 1430. The van der Waals surface area contributed by atoms with E-state index in [1.807, 2.05) is 79.4 Å². The zero-order valence-corrected chi connectivity index (χ0v) is 24.7. The van der Waals surface area contributed by atoms with Crippen molar-refractivity contribution in [2.45, 2.75) is 48.4 Å². The summed E-state index contributed by atoms with van der Waals surface area (Å²) in [6.45, 7) is 4.82. The van der Waals surface area contributed by atoms with Gasteiger partial charge in [0, 0.05) is 24.4 Å². The molecule has 214 valence electrons. The molecule has 0 aliphatic carbocycles. The lowest BCUT2D eigenvalue weighted by Crippen LogP contribution is -2.56. The summed E-state index contributed by atoms with van der Waals surface area (Å²) in [7, 11) is 0. The van der Waals surface area contributed by atoms with Crippen LogP contribution in [0.2, 0.25) is 5.02 Å². The van der Waals surface area contributed by atoms with Crippen molar-refractivity contribution >= 4 is 46.8 Å². The van der Waals surface area contributed by atoms with Crippen LogP contribution in [0, 0.1) is 11.8 Å². The van der Waals surface area contributed by atoms with Crippen LogP contribution in [0.5, 0.6) is 0 Å². The van der Waals surface area contributed by atoms with E-state index in [9.17, 15) is 19.5 Å². The van der Waals surface area contributed by atoms with Crippen molar-refractivity contribution in [1.29, 1.82) is 0 Å². The van der Waals surface area contributed by atoms with Crippen molar-refractivity contribution in [1.82, 2.24) is 9.80 Å². The summed E-state index contributed by atoms with van der Waals surface area (Å²) in [5.41, 5.74) is 1.59. The number of hydrogen-bond donors (Lipinski definition) is 1. The maximum Gasteiger partial charge on any atom is 0.251 e. The molecule has 1 N–H and O–H groups in total. The smallest absolute Gasteiger partial charge is 0.251 e. The molecule has 2 aromatic rings. The first kappa shape index (κ1) is 28.1. The van der Waals surface area contributed by atoms with E-state index in [4.69, 9.17) is 11.6 Å². The summed E-state index contributed by atoms with van der Waals surface area (Å²) < 4.78 is -1.68. The topological polar surface area (TPSA) is 81.2 Å². The van der Waals surface area contributed by atoms with Crippen molar-refractivity contribution in [3.8, 4) is 0 Å². The van der Waals surface area contributed by atoms with Crippen LogP contribution in [0.4, 0.5) is 5.69 Å². The quantitative estimate of drug-likeness (QED) is 0.507. The number of carbonyl (C=O) groups excluding carboxylic acids is 3. The van der Waals surface area contributed by atoms with Crippen LogP contribution in [-0.2, 0) is 20.9 Å². The number of rotatable bonds is 6. The summed E-state index contributed by atoms with van der Waals surface area (Å²) in [5, 5.41) is 10.8. The van der Waals surface area contributed by atoms with Crippen LogP contribution >= 0.6 is 23.4 Å². The lowest BCUT2D eigenvalue weighted by molar-refractivity contribution is -0.145. The van der Waals surface area contributed by atoms with Crippen LogP contribution in [0.15, 0.2) is 78.9 Å². The number of thioether (sulfide) groups is 1. The van der Waals surface area contributed by atoms with Crippen LogP contribution in [-0.4, -0.2) is 73.9 Å². The molecule has 41 heavy (non-hydrogen) atoms. The predicted octanol–water partition coefficient (Wildman–Crippen LogP) is 4.30. The molecule has 0 radical (unpaired) electrons. The van der Waals surface area contributed by atoms with Gasteiger partial charge in [0.05, 0.1) is 39.9 Å². The van der Waals surface area contributed by atoms with Gasteiger partial charge in [-0.05, 0) is 31.0 Å². The van der Waals surface area contributed by atoms with Crippen molar-refractivity contribution in [3.05, 3.63) is 89.5 Å². The number of anilines is 1. The molecular weight excluding hydrogens is 558 g/mol. The molecule has 0 aromatic heterocycles. The molecule has 6 rings (SSSR count). The van der Waals surface area contributed by atoms with Gasteiger partial charge in [-0.25, -0.2) is 0 Å². The number of benzene rings is 2. The number of fused-ring (bicyclic) bond motifs is 2. The zero-order valence-electron chi connectivity index (χ0n) is 23.2. The van der Waals surface area contributed by atoms with Crippen LogP contribution in [0.25, 0.3) is 0 Å². The number of halogens is 1. The fourth-order valence-electron chi connectivity index (χ4n) is 7.15. The van der Waals surface area contributed by atoms with E-state index in [0.29, 0.717) is 30.2 Å². The van der Waals surface area contributed by atoms with E-state index in [1.54, 1.807) is 33.7 Å². The SMILES string of the molecule is CC[C@@H](CO)N1C(=O)[C@@H]2[C@H]3C(=O)N(Cc4ccccc4)CC=C[C@@]3(C)S[C@@]23C=CCN(c2ccccc2Cl)C(=O)C13. The van der Waals surface area contributed by atoms with Gasteiger partial charge in [-0.1, -0.05) is 85.3 Å². The van der Waals surface area contributed by atoms with Gasteiger partial charge >= 0.3 is 0 Å². The number of para-hydroxylation sites is 1. The molecule has 4 heterocycles. The molecule has 7 nitrogen and oxygen atoms in total. The molecule has 0 saturated carbocycles. The summed E-state index contributed by atoms with van der Waals surface area (Å²) >= 11 is 8.09. The van der Waals surface area contributed by atoms with Gasteiger partial charge < -0.3 is 19.8 Å². The molecule has 1 spiro atoms. The standard InChI is InChI=1S/C32H34ClN3O4S/c1-3-22(20-37)36-27-30(40)35(24-14-8-7-13-23(24)33)18-10-16-32(27)26(29(36)39)25-28(38)34(17-9-15-31(25,2)41-32)19-21-11-5-4-6-12-21/h4-16,22,25-27,37H,3,17-20H2,1-2H3/t22-,25-,26-,27?,31+,32-/m0/s1. The summed E-state index contributed by atoms with van der Waals surface area (Å²) in [4.78, 5) is 48.6. The minimum atomic E-state index is -0.984. The number of hydrogen-bond acceptors (Lipinski definition) is 5. The highest BCUT2D eigenvalue weighted by molar-refractivity contribution is 8.02. The molecule has 1 unspecified atom stereocenters. The fourth-order valence-corrected chi connectivity index (χ4v) is 9.53. The first-order chi connectivity index (χ1) is 19.8. The van der Waals surface area contributed by atoms with Gasteiger partial charge in [0.15, 0.2) is 0 Å². The maximum atomic E-state index is 14.6. The highest BCUT2D eigenvalue weighted by atomic mass is 35.5. The first-order valence-corrected chi connectivity index (χ1v) is 15.3. The molecule has 4 aliphatic rings. The average Bonchev–Trinajstić information content (AvgIpc) is 3.24. The highest BCUT2D eigenvalue weighted by Crippen LogP contribution is 2.66. The molecule has 2 aromatic carbocycles. The number of likely N-dealkylation sites (tertiary alicyclic amines) is 1. The van der Waals surface area contributed by atoms with Crippen molar-refractivity contribution in [3.63, 3.8) is 0 Å². The van der Waals surface area contributed by atoms with E-state index in [-0.39, 0.29) is 30.9 Å². The second-order valence-corrected chi connectivity index (χ2v) is 13.6. The lowest BCUT2D eigenvalue weighted by atomic mass is 9.74. The first-order valence-electron chi connectivity index (χ1n) is 14.1. The molecule has 2 fully saturated rings. The van der Waals surface area contributed by atoms with Gasteiger partial charge in [-0.3, -0.25) is 14.4 Å². The summed E-state index contributed by atoms with van der Waals surface area (Å²) in [6.07, 6.45) is 8.48. The van der Waals surface area contributed by atoms with Gasteiger partial charge in [-0.2, -0.15) is 0 Å². The number of aliphatic hydroxyl groups excluding tert-OH is 1. The molecule has 3 amide bonds. The van der Waals surface area contributed by atoms with E-state index in [1.165, 1.54) is 0 Å². The van der Waals surface area contributed by atoms with Crippen LogP contribution in [0.1, 0.15) is 25.8 Å². The Morgan fingerprint density at radius 2 is 1.66 bits per heavy atom. The van der Waals surface area contributed by atoms with Gasteiger partial charge in [-0.15, -0.1) is 11.8 Å². The monoisotopic (exact) mass is 591 g/mol. The lowest BCUT2D eigenvalue weighted by Gasteiger charge is -2.39. The highest BCUT2D eigenvalue weighted by Gasteiger charge is 2.74. The van der Waals surface area contributed by atoms with Crippen molar-refractivity contribution < 1.29 is 19.5 Å². The second-order valence-electron chi connectivity index (χ2n) is 11.4. The maximum absolute atomic E-state index is 14.6. The van der Waals surface area contributed by atoms with E-state index in [2.05, 4.69) is 6.08 Å². The minimum absolute atomic E-state index is 0.0882. The Labute approximate surface area is 249 Å². The molecular formula is C32H34ClN3O4S. The Morgan fingerprint density at radius 3 is 2.37 bits per heavy atom. The molecule has 6 atom stereocenters. The normalized spacial score (nSPS) is 31.6. The number of amides is 3. The second kappa shape index (κ2) is 10.6. The van der Waals surface area contributed by atoms with Crippen LogP contribution < -0.4 is 4.90 Å². The average molecular weight is 592 g/mol. The van der Waals surface area contributed by atoms with E-state index in [0.717, 1.165) is 5.56 Å². The molecule has 4 aliphatic heterocycles. The number of carbonyl (C=O) groups is 3. The summed E-state index contributed by atoms with van der Waals surface area (Å²) in [6, 6.07) is 15.6.